The Morgan fingerprint density at radius 3 is 2.90 bits per heavy atom. The number of benzene rings is 1. The number of halogens is 1. The van der Waals surface area contributed by atoms with Crippen molar-refractivity contribution < 1.29 is 14.6 Å². The maximum Gasteiger partial charge on any atom is 0.339 e. The second-order valence-electron chi connectivity index (χ2n) is 4.78. The molecule has 0 radical (unpaired) electrons. The highest BCUT2D eigenvalue weighted by atomic mass is 35.5. The third kappa shape index (κ3) is 3.76. The lowest BCUT2D eigenvalue weighted by atomic mass is 10.2. The zero-order valence-corrected chi connectivity index (χ0v) is 12.7. The topological polar surface area (TPSA) is 64.3 Å². The van der Waals surface area contributed by atoms with Gasteiger partial charge in [-0.1, -0.05) is 18.5 Å². The number of carboxylic acid groups (broad SMARTS) is 1. The molecule has 6 heteroatoms. The smallest absolute Gasteiger partial charge is 0.339 e. The SMILES string of the molecule is CCC(C)n1ccc(COc2cc(Cl)ccc2C(=O)O)n1. The van der Waals surface area contributed by atoms with Crippen LogP contribution < -0.4 is 4.74 Å². The minimum absolute atomic E-state index is 0.0840. The molecule has 0 amide bonds. The van der Waals surface area contributed by atoms with Crippen LogP contribution in [-0.2, 0) is 6.61 Å². The number of carbonyl (C=O) groups is 1. The first kappa shape index (κ1) is 15.4. The van der Waals surface area contributed by atoms with Gasteiger partial charge in [0.05, 0.1) is 5.69 Å². The van der Waals surface area contributed by atoms with Gasteiger partial charge in [-0.3, -0.25) is 4.68 Å². The largest absolute Gasteiger partial charge is 0.486 e. The van der Waals surface area contributed by atoms with Gasteiger partial charge in [0.15, 0.2) is 0 Å². The Hall–Kier alpha value is -2.01. The minimum atomic E-state index is -1.05. The van der Waals surface area contributed by atoms with Crippen LogP contribution >= 0.6 is 11.6 Å². The van der Waals surface area contributed by atoms with Crippen LogP contribution in [0.5, 0.6) is 5.75 Å². The minimum Gasteiger partial charge on any atom is -0.486 e. The molecule has 0 fully saturated rings. The number of hydrogen-bond acceptors (Lipinski definition) is 3. The van der Waals surface area contributed by atoms with Gasteiger partial charge in [0.2, 0.25) is 0 Å². The summed E-state index contributed by atoms with van der Waals surface area (Å²) >= 11 is 5.88. The van der Waals surface area contributed by atoms with Crippen LogP contribution in [-0.4, -0.2) is 20.9 Å². The van der Waals surface area contributed by atoms with E-state index in [9.17, 15) is 4.79 Å². The molecule has 1 heterocycles. The van der Waals surface area contributed by atoms with E-state index in [2.05, 4.69) is 18.9 Å². The molecule has 112 valence electrons. The predicted octanol–water partition coefficient (Wildman–Crippen LogP) is 3.78. The maximum atomic E-state index is 11.1. The van der Waals surface area contributed by atoms with Crippen LogP contribution in [0.4, 0.5) is 0 Å². The van der Waals surface area contributed by atoms with E-state index in [1.165, 1.54) is 18.2 Å². The Morgan fingerprint density at radius 2 is 2.24 bits per heavy atom. The van der Waals surface area contributed by atoms with Crippen molar-refractivity contribution in [2.45, 2.75) is 32.9 Å². The molecule has 0 spiro atoms. The van der Waals surface area contributed by atoms with Crippen molar-refractivity contribution in [3.8, 4) is 5.75 Å². The number of rotatable bonds is 6. The lowest BCUT2D eigenvalue weighted by Gasteiger charge is -2.09. The number of carboxylic acids is 1. The summed E-state index contributed by atoms with van der Waals surface area (Å²) in [4.78, 5) is 11.1. The molecule has 5 nitrogen and oxygen atoms in total. The highest BCUT2D eigenvalue weighted by Crippen LogP contribution is 2.24. The van der Waals surface area contributed by atoms with E-state index < -0.39 is 5.97 Å². The molecule has 1 aromatic carbocycles. The second kappa shape index (κ2) is 6.63. The fraction of sp³-hybridized carbons (Fsp3) is 0.333. The third-order valence-corrected chi connectivity index (χ3v) is 3.49. The summed E-state index contributed by atoms with van der Waals surface area (Å²) in [5, 5.41) is 14.0. The molecule has 0 saturated carbocycles. The lowest BCUT2D eigenvalue weighted by molar-refractivity contribution is 0.0691. The predicted molar refractivity (Wildman–Crippen MR) is 80.0 cm³/mol. The molecular weight excluding hydrogens is 292 g/mol. The monoisotopic (exact) mass is 308 g/mol. The molecule has 2 rings (SSSR count). The summed E-state index contributed by atoms with van der Waals surface area (Å²) in [6, 6.07) is 6.63. The van der Waals surface area contributed by atoms with Crippen LogP contribution in [0.2, 0.25) is 5.02 Å². The number of nitrogens with zero attached hydrogens (tertiary/aromatic N) is 2. The number of ether oxygens (including phenoxy) is 1. The molecule has 0 bridgehead atoms. The summed E-state index contributed by atoms with van der Waals surface area (Å²) in [6.45, 7) is 4.37. The summed E-state index contributed by atoms with van der Waals surface area (Å²) in [7, 11) is 0. The molecule has 1 aromatic heterocycles. The normalized spacial score (nSPS) is 12.1. The van der Waals surface area contributed by atoms with Crippen LogP contribution in [0.15, 0.2) is 30.5 Å². The van der Waals surface area contributed by atoms with Crippen LogP contribution in [0.3, 0.4) is 0 Å². The summed E-state index contributed by atoms with van der Waals surface area (Å²) < 4.78 is 7.42. The van der Waals surface area contributed by atoms with Gasteiger partial charge in [-0.2, -0.15) is 5.10 Å². The fourth-order valence-corrected chi connectivity index (χ4v) is 1.99. The summed E-state index contributed by atoms with van der Waals surface area (Å²) in [6.07, 6.45) is 2.88. The first-order chi connectivity index (χ1) is 10.0. The standard InChI is InChI=1S/C15H17ClN2O3/c1-3-10(2)18-7-6-12(17-18)9-21-14-8-11(16)4-5-13(14)15(19)20/h4-8,10H,3,9H2,1-2H3,(H,19,20). The molecule has 1 unspecified atom stereocenters. The first-order valence-corrected chi connectivity index (χ1v) is 7.08. The van der Waals surface area contributed by atoms with Gasteiger partial charge < -0.3 is 9.84 Å². The first-order valence-electron chi connectivity index (χ1n) is 6.71. The van der Waals surface area contributed by atoms with E-state index >= 15 is 0 Å². The highest BCUT2D eigenvalue weighted by molar-refractivity contribution is 6.30. The molecule has 0 aliphatic carbocycles. The lowest BCUT2D eigenvalue weighted by Crippen LogP contribution is -2.07. The molecule has 1 atom stereocenters. The molecule has 2 aromatic rings. The Kier molecular flexibility index (Phi) is 4.85. The van der Waals surface area contributed by atoms with E-state index in [1.807, 2.05) is 16.9 Å². The second-order valence-corrected chi connectivity index (χ2v) is 5.22. The van der Waals surface area contributed by atoms with Gasteiger partial charge >= 0.3 is 5.97 Å². The van der Waals surface area contributed by atoms with E-state index in [4.69, 9.17) is 21.4 Å². The van der Waals surface area contributed by atoms with Crippen molar-refractivity contribution in [3.05, 3.63) is 46.7 Å². The van der Waals surface area contributed by atoms with E-state index in [0.717, 1.165) is 12.1 Å². The van der Waals surface area contributed by atoms with Crippen molar-refractivity contribution in [2.24, 2.45) is 0 Å². The number of aromatic nitrogens is 2. The number of hydrogen-bond donors (Lipinski definition) is 1. The van der Waals surface area contributed by atoms with Crippen LogP contribution in [0.1, 0.15) is 42.4 Å². The third-order valence-electron chi connectivity index (χ3n) is 3.26. The van der Waals surface area contributed by atoms with Crippen molar-refractivity contribution >= 4 is 17.6 Å². The highest BCUT2D eigenvalue weighted by Gasteiger charge is 2.13. The quantitative estimate of drug-likeness (QED) is 0.882. The maximum absolute atomic E-state index is 11.1. The Bertz CT molecular complexity index is 640. The van der Waals surface area contributed by atoms with Crippen molar-refractivity contribution in [3.63, 3.8) is 0 Å². The van der Waals surface area contributed by atoms with E-state index in [1.54, 1.807) is 0 Å². The zero-order valence-electron chi connectivity index (χ0n) is 11.9. The Morgan fingerprint density at radius 1 is 1.48 bits per heavy atom. The zero-order chi connectivity index (χ0) is 15.4. The molecule has 0 aliphatic rings. The van der Waals surface area contributed by atoms with Gasteiger partial charge in [0.1, 0.15) is 17.9 Å². The molecule has 1 N–H and O–H groups in total. The molecule has 0 aliphatic heterocycles. The van der Waals surface area contributed by atoms with Crippen molar-refractivity contribution in [1.82, 2.24) is 9.78 Å². The molecular formula is C15H17ClN2O3. The van der Waals surface area contributed by atoms with Crippen LogP contribution in [0, 0.1) is 0 Å². The Labute approximate surface area is 128 Å². The average Bonchev–Trinajstić information content (AvgIpc) is 2.93. The van der Waals surface area contributed by atoms with Gasteiger partial charge in [-0.05, 0) is 37.6 Å². The average molecular weight is 309 g/mol. The summed E-state index contributed by atoms with van der Waals surface area (Å²) in [5.74, 6) is -0.806. The van der Waals surface area contributed by atoms with E-state index in [0.29, 0.717) is 11.1 Å². The fourth-order valence-electron chi connectivity index (χ4n) is 1.83. The van der Waals surface area contributed by atoms with Gasteiger partial charge in [0, 0.05) is 17.3 Å². The molecule has 0 saturated heterocycles. The van der Waals surface area contributed by atoms with Gasteiger partial charge in [-0.15, -0.1) is 0 Å². The van der Waals surface area contributed by atoms with Crippen molar-refractivity contribution in [1.29, 1.82) is 0 Å². The van der Waals surface area contributed by atoms with E-state index in [-0.39, 0.29) is 17.9 Å². The molecule has 21 heavy (non-hydrogen) atoms. The van der Waals surface area contributed by atoms with Crippen LogP contribution in [0.25, 0.3) is 0 Å². The van der Waals surface area contributed by atoms with Crippen molar-refractivity contribution in [2.75, 3.05) is 0 Å². The number of aromatic carboxylic acids is 1. The summed E-state index contributed by atoms with van der Waals surface area (Å²) in [5.41, 5.74) is 0.826. The van der Waals surface area contributed by atoms with Gasteiger partial charge in [-0.25, -0.2) is 4.79 Å². The Balaban J connectivity index is 2.11. The van der Waals surface area contributed by atoms with Gasteiger partial charge in [0.25, 0.3) is 0 Å².